The Bertz CT molecular complexity index is 230. The zero-order valence-corrected chi connectivity index (χ0v) is 8.95. The van der Waals surface area contributed by atoms with Crippen LogP contribution in [0.5, 0.6) is 0 Å². The Morgan fingerprint density at radius 1 is 1.14 bits per heavy atom. The molecule has 0 unspecified atom stereocenters. The molecule has 78 valence electrons. The second kappa shape index (κ2) is 6.61. The number of hydrogen-bond acceptors (Lipinski definition) is 1. The lowest BCUT2D eigenvalue weighted by atomic mass is 10.0. The van der Waals surface area contributed by atoms with Crippen molar-refractivity contribution in [3.05, 3.63) is 35.9 Å². The summed E-state index contributed by atoms with van der Waals surface area (Å²) >= 11 is 0. The molecule has 0 radical (unpaired) electrons. The van der Waals surface area contributed by atoms with Gasteiger partial charge in [0.1, 0.15) is 0 Å². The average molecular weight is 192 g/mol. The van der Waals surface area contributed by atoms with Gasteiger partial charge in [0, 0.05) is 0 Å². The summed E-state index contributed by atoms with van der Waals surface area (Å²) in [5.41, 5.74) is 1.23. The molecule has 0 bridgehead atoms. The van der Waals surface area contributed by atoms with Crippen molar-refractivity contribution in [2.45, 2.75) is 45.1 Å². The first-order chi connectivity index (χ1) is 6.83. The molecule has 0 fully saturated rings. The Labute approximate surface area is 86.8 Å². The minimum atomic E-state index is -0.163. The van der Waals surface area contributed by atoms with E-state index in [-0.39, 0.29) is 6.10 Å². The first-order valence-corrected chi connectivity index (χ1v) is 5.55. The Balaban J connectivity index is 2.23. The fourth-order valence-electron chi connectivity index (χ4n) is 1.62. The fourth-order valence-corrected chi connectivity index (χ4v) is 1.62. The minimum absolute atomic E-state index is 0.163. The molecule has 1 atom stereocenters. The molecule has 0 aliphatic rings. The van der Waals surface area contributed by atoms with Crippen LogP contribution in [-0.2, 0) is 6.42 Å². The summed E-state index contributed by atoms with van der Waals surface area (Å²) in [4.78, 5) is 0. The topological polar surface area (TPSA) is 20.2 Å². The summed E-state index contributed by atoms with van der Waals surface area (Å²) in [7, 11) is 0. The Kier molecular flexibility index (Phi) is 5.31. The maximum atomic E-state index is 9.73. The number of rotatable bonds is 6. The quantitative estimate of drug-likeness (QED) is 0.686. The molecule has 0 aliphatic carbocycles. The monoisotopic (exact) mass is 192 g/mol. The van der Waals surface area contributed by atoms with E-state index in [4.69, 9.17) is 0 Å². The third-order valence-corrected chi connectivity index (χ3v) is 2.46. The van der Waals surface area contributed by atoms with Gasteiger partial charge in [-0.05, 0) is 18.4 Å². The highest BCUT2D eigenvalue weighted by molar-refractivity contribution is 5.15. The lowest BCUT2D eigenvalue weighted by Gasteiger charge is -2.09. The smallest absolute Gasteiger partial charge is 0.0580 e. The standard InChI is InChI=1S/C13H20O/c1-2-3-5-10-13(14)11-12-8-6-4-7-9-12/h4,6-9,13-14H,2-3,5,10-11H2,1H3/t13-/m0/s1. The fraction of sp³-hybridized carbons (Fsp3) is 0.538. The van der Waals surface area contributed by atoms with Crippen molar-refractivity contribution in [1.82, 2.24) is 0 Å². The van der Waals surface area contributed by atoms with Crippen LogP contribution < -0.4 is 0 Å². The maximum Gasteiger partial charge on any atom is 0.0580 e. The lowest BCUT2D eigenvalue weighted by Crippen LogP contribution is -2.09. The molecule has 0 amide bonds. The van der Waals surface area contributed by atoms with Crippen LogP contribution >= 0.6 is 0 Å². The van der Waals surface area contributed by atoms with Crippen molar-refractivity contribution < 1.29 is 5.11 Å². The van der Waals surface area contributed by atoms with Crippen LogP contribution in [0.4, 0.5) is 0 Å². The number of unbranched alkanes of at least 4 members (excludes halogenated alkanes) is 2. The van der Waals surface area contributed by atoms with Crippen molar-refractivity contribution in [2.75, 3.05) is 0 Å². The van der Waals surface area contributed by atoms with Gasteiger partial charge in [-0.3, -0.25) is 0 Å². The van der Waals surface area contributed by atoms with Crippen LogP contribution in [0.3, 0.4) is 0 Å². The highest BCUT2D eigenvalue weighted by Gasteiger charge is 2.04. The highest BCUT2D eigenvalue weighted by atomic mass is 16.3. The third-order valence-electron chi connectivity index (χ3n) is 2.46. The molecular weight excluding hydrogens is 172 g/mol. The van der Waals surface area contributed by atoms with Gasteiger partial charge in [-0.15, -0.1) is 0 Å². The van der Waals surface area contributed by atoms with Crippen molar-refractivity contribution in [1.29, 1.82) is 0 Å². The van der Waals surface area contributed by atoms with Gasteiger partial charge in [-0.25, -0.2) is 0 Å². The van der Waals surface area contributed by atoms with Gasteiger partial charge >= 0.3 is 0 Å². The van der Waals surface area contributed by atoms with Crippen molar-refractivity contribution >= 4 is 0 Å². The molecule has 0 aliphatic heterocycles. The van der Waals surface area contributed by atoms with Gasteiger partial charge in [-0.1, -0.05) is 56.5 Å². The van der Waals surface area contributed by atoms with Crippen molar-refractivity contribution in [3.63, 3.8) is 0 Å². The van der Waals surface area contributed by atoms with E-state index in [0.717, 1.165) is 19.3 Å². The molecule has 1 aromatic carbocycles. The zero-order valence-electron chi connectivity index (χ0n) is 8.95. The van der Waals surface area contributed by atoms with Crippen LogP contribution in [0.25, 0.3) is 0 Å². The van der Waals surface area contributed by atoms with Crippen LogP contribution in [0.1, 0.15) is 38.2 Å². The van der Waals surface area contributed by atoms with E-state index in [0.29, 0.717) is 0 Å². The maximum absolute atomic E-state index is 9.73. The summed E-state index contributed by atoms with van der Waals surface area (Å²) in [6, 6.07) is 10.2. The van der Waals surface area contributed by atoms with Crippen LogP contribution in [0.2, 0.25) is 0 Å². The predicted octanol–water partition coefficient (Wildman–Crippen LogP) is 3.17. The van der Waals surface area contributed by atoms with E-state index < -0.39 is 0 Å². The van der Waals surface area contributed by atoms with E-state index in [1.165, 1.54) is 18.4 Å². The molecule has 0 spiro atoms. The van der Waals surface area contributed by atoms with E-state index in [2.05, 4.69) is 19.1 Å². The van der Waals surface area contributed by atoms with Crippen LogP contribution in [-0.4, -0.2) is 11.2 Å². The molecule has 1 aromatic rings. The Morgan fingerprint density at radius 3 is 2.50 bits per heavy atom. The number of benzene rings is 1. The Hall–Kier alpha value is -0.820. The highest BCUT2D eigenvalue weighted by Crippen LogP contribution is 2.09. The van der Waals surface area contributed by atoms with E-state index in [1.54, 1.807) is 0 Å². The number of aliphatic hydroxyl groups excluding tert-OH is 1. The summed E-state index contributed by atoms with van der Waals surface area (Å²) < 4.78 is 0. The van der Waals surface area contributed by atoms with Gasteiger partial charge < -0.3 is 5.11 Å². The predicted molar refractivity (Wildman–Crippen MR) is 60.3 cm³/mol. The first kappa shape index (κ1) is 11.3. The molecule has 0 aromatic heterocycles. The second-order valence-corrected chi connectivity index (χ2v) is 3.84. The van der Waals surface area contributed by atoms with Gasteiger partial charge in [-0.2, -0.15) is 0 Å². The SMILES string of the molecule is CCCCC[C@H](O)Cc1ccccc1. The molecule has 1 heteroatoms. The van der Waals surface area contributed by atoms with Gasteiger partial charge in [0.15, 0.2) is 0 Å². The number of hydrogen-bond donors (Lipinski definition) is 1. The van der Waals surface area contributed by atoms with Crippen molar-refractivity contribution in [2.24, 2.45) is 0 Å². The molecular formula is C13H20O. The number of aliphatic hydroxyl groups is 1. The van der Waals surface area contributed by atoms with E-state index >= 15 is 0 Å². The molecule has 1 rings (SSSR count). The van der Waals surface area contributed by atoms with Crippen LogP contribution in [0.15, 0.2) is 30.3 Å². The normalized spacial score (nSPS) is 12.7. The Morgan fingerprint density at radius 2 is 1.86 bits per heavy atom. The summed E-state index contributed by atoms with van der Waals surface area (Å²) in [5.74, 6) is 0. The third kappa shape index (κ3) is 4.43. The van der Waals surface area contributed by atoms with Crippen molar-refractivity contribution in [3.8, 4) is 0 Å². The molecule has 0 saturated heterocycles. The van der Waals surface area contributed by atoms with Gasteiger partial charge in [0.05, 0.1) is 6.10 Å². The molecule has 1 nitrogen and oxygen atoms in total. The molecule has 14 heavy (non-hydrogen) atoms. The second-order valence-electron chi connectivity index (χ2n) is 3.84. The van der Waals surface area contributed by atoms with Gasteiger partial charge in [0.25, 0.3) is 0 Å². The van der Waals surface area contributed by atoms with Crippen LogP contribution in [0, 0.1) is 0 Å². The summed E-state index contributed by atoms with van der Waals surface area (Å²) in [6.07, 6.45) is 5.16. The first-order valence-electron chi connectivity index (χ1n) is 5.55. The summed E-state index contributed by atoms with van der Waals surface area (Å²) in [6.45, 7) is 2.18. The van der Waals surface area contributed by atoms with Gasteiger partial charge in [0.2, 0.25) is 0 Å². The van der Waals surface area contributed by atoms with E-state index in [1.807, 2.05) is 18.2 Å². The molecule has 1 N–H and O–H groups in total. The molecule has 0 saturated carbocycles. The zero-order chi connectivity index (χ0) is 10.2. The largest absolute Gasteiger partial charge is 0.393 e. The van der Waals surface area contributed by atoms with E-state index in [9.17, 15) is 5.11 Å². The summed E-state index contributed by atoms with van der Waals surface area (Å²) in [5, 5.41) is 9.73. The lowest BCUT2D eigenvalue weighted by molar-refractivity contribution is 0.161. The average Bonchev–Trinajstić information content (AvgIpc) is 2.20. The minimum Gasteiger partial charge on any atom is -0.393 e. The molecule has 0 heterocycles.